The van der Waals surface area contributed by atoms with E-state index in [-0.39, 0.29) is 35.9 Å². The highest BCUT2D eigenvalue weighted by molar-refractivity contribution is 14.0. The van der Waals surface area contributed by atoms with Crippen LogP contribution in [0.1, 0.15) is 35.5 Å². The topological polar surface area (TPSA) is 119 Å². The van der Waals surface area contributed by atoms with Crippen molar-refractivity contribution in [1.29, 1.82) is 0 Å². The Morgan fingerprint density at radius 1 is 1.45 bits per heavy atom. The largest absolute Gasteiger partial charge is 0.459 e. The normalized spacial score (nSPS) is 15.9. The molecule has 2 aromatic heterocycles. The maximum Gasteiger partial charge on any atom is 0.287 e. The summed E-state index contributed by atoms with van der Waals surface area (Å²) in [6.45, 7) is 4.81. The Balaban J connectivity index is 0.00000300. The Morgan fingerprint density at radius 2 is 2.31 bits per heavy atom. The molecule has 0 aliphatic carbocycles. The van der Waals surface area contributed by atoms with Crippen LogP contribution in [0.25, 0.3) is 0 Å². The maximum atomic E-state index is 11.8. The number of hydrogen-bond acceptors (Lipinski definition) is 6. The standard InChI is InChI=1S/C18H27N7O3.HI/c1-3-19-18(21-9-8-20-17(26)14-5-4-10-28-14)22-13-6-7-16-23-15(12-27-2)24-25(16)11-13;/h4-5,10,13H,3,6-9,11-12H2,1-2H3,(H,20,26)(H2,19,21,22);1H. The molecule has 3 heterocycles. The molecule has 1 amide bonds. The number of ether oxygens (including phenoxy) is 1. The number of amides is 1. The summed E-state index contributed by atoms with van der Waals surface area (Å²) in [6.07, 6.45) is 3.28. The van der Waals surface area contributed by atoms with Crippen LogP contribution in [0.15, 0.2) is 27.8 Å². The third-order valence-electron chi connectivity index (χ3n) is 4.27. The molecular weight excluding hydrogens is 489 g/mol. The van der Waals surface area contributed by atoms with E-state index in [4.69, 9.17) is 9.15 Å². The van der Waals surface area contributed by atoms with Crippen LogP contribution in [-0.2, 0) is 24.3 Å². The Bertz CT molecular complexity index is 791. The molecule has 0 saturated heterocycles. The van der Waals surface area contributed by atoms with Crippen molar-refractivity contribution in [1.82, 2.24) is 30.7 Å². The van der Waals surface area contributed by atoms with E-state index in [9.17, 15) is 4.79 Å². The number of nitrogens with one attached hydrogen (secondary N) is 3. The molecule has 1 atom stereocenters. The lowest BCUT2D eigenvalue weighted by molar-refractivity contribution is 0.0927. The molecule has 10 nitrogen and oxygen atoms in total. The molecular formula is C18H28IN7O3. The number of aliphatic imine (C=N–C) groups is 1. The second-order valence-corrected chi connectivity index (χ2v) is 6.43. The van der Waals surface area contributed by atoms with Crippen LogP contribution >= 0.6 is 24.0 Å². The molecule has 0 aromatic carbocycles. The third kappa shape index (κ3) is 6.70. The summed E-state index contributed by atoms with van der Waals surface area (Å²) in [5, 5.41) is 14.0. The van der Waals surface area contributed by atoms with Crippen LogP contribution in [0.4, 0.5) is 0 Å². The SMILES string of the molecule is CCNC(=NCCNC(=O)c1ccco1)NC1CCc2nc(COC)nn2C1.I. The van der Waals surface area contributed by atoms with Crippen molar-refractivity contribution in [3.05, 3.63) is 35.8 Å². The number of nitrogens with zero attached hydrogens (tertiary/aromatic N) is 4. The number of hydrogen-bond donors (Lipinski definition) is 3. The van der Waals surface area contributed by atoms with Crippen LogP contribution in [0, 0.1) is 0 Å². The van der Waals surface area contributed by atoms with E-state index in [0.29, 0.717) is 31.3 Å². The minimum Gasteiger partial charge on any atom is -0.459 e. The second-order valence-electron chi connectivity index (χ2n) is 6.43. The van der Waals surface area contributed by atoms with Gasteiger partial charge < -0.3 is 25.1 Å². The number of guanidine groups is 1. The van der Waals surface area contributed by atoms with Gasteiger partial charge in [-0.25, -0.2) is 9.67 Å². The first-order chi connectivity index (χ1) is 13.7. The Morgan fingerprint density at radius 3 is 3.03 bits per heavy atom. The highest BCUT2D eigenvalue weighted by atomic mass is 127. The molecule has 3 N–H and O–H groups in total. The molecule has 1 aliphatic heterocycles. The van der Waals surface area contributed by atoms with Crippen molar-refractivity contribution in [3.8, 4) is 0 Å². The molecule has 0 spiro atoms. The molecule has 3 rings (SSSR count). The average molecular weight is 517 g/mol. The van der Waals surface area contributed by atoms with Gasteiger partial charge in [0.05, 0.1) is 19.4 Å². The Kier molecular flexibility index (Phi) is 9.38. The number of aryl methyl sites for hydroxylation is 1. The van der Waals surface area contributed by atoms with E-state index >= 15 is 0 Å². The first kappa shape index (κ1) is 23.1. The van der Waals surface area contributed by atoms with Crippen LogP contribution in [-0.4, -0.2) is 59.4 Å². The number of methoxy groups -OCH3 is 1. The van der Waals surface area contributed by atoms with Gasteiger partial charge in [0.15, 0.2) is 17.5 Å². The lowest BCUT2D eigenvalue weighted by atomic mass is 10.1. The van der Waals surface area contributed by atoms with Gasteiger partial charge in [0.2, 0.25) is 0 Å². The van der Waals surface area contributed by atoms with Crippen molar-refractivity contribution in [2.45, 2.75) is 39.0 Å². The van der Waals surface area contributed by atoms with E-state index < -0.39 is 0 Å². The number of carbonyl (C=O) groups excluding carboxylic acids is 1. The predicted molar refractivity (Wildman–Crippen MR) is 118 cm³/mol. The molecule has 0 fully saturated rings. The molecule has 0 radical (unpaired) electrons. The van der Waals surface area contributed by atoms with Gasteiger partial charge in [0, 0.05) is 32.7 Å². The number of fused-ring (bicyclic) bond motifs is 1. The first-order valence-corrected chi connectivity index (χ1v) is 9.47. The van der Waals surface area contributed by atoms with Gasteiger partial charge in [-0.05, 0) is 25.5 Å². The van der Waals surface area contributed by atoms with E-state index in [0.717, 1.165) is 37.7 Å². The molecule has 160 valence electrons. The summed E-state index contributed by atoms with van der Waals surface area (Å²) in [4.78, 5) is 20.9. The van der Waals surface area contributed by atoms with E-state index in [2.05, 4.69) is 31.0 Å². The lowest BCUT2D eigenvalue weighted by Gasteiger charge is -2.25. The minimum absolute atomic E-state index is 0. The second kappa shape index (κ2) is 11.8. The van der Waals surface area contributed by atoms with Crippen molar-refractivity contribution >= 4 is 35.8 Å². The third-order valence-corrected chi connectivity index (χ3v) is 4.27. The maximum absolute atomic E-state index is 11.8. The number of halogens is 1. The quantitative estimate of drug-likeness (QED) is 0.207. The summed E-state index contributed by atoms with van der Waals surface area (Å²) < 4.78 is 12.1. The zero-order valence-electron chi connectivity index (χ0n) is 16.7. The van der Waals surface area contributed by atoms with Gasteiger partial charge >= 0.3 is 0 Å². The lowest BCUT2D eigenvalue weighted by Crippen LogP contribution is -2.47. The average Bonchev–Trinajstić information content (AvgIpc) is 3.34. The summed E-state index contributed by atoms with van der Waals surface area (Å²) in [7, 11) is 1.64. The fourth-order valence-corrected chi connectivity index (χ4v) is 3.01. The molecule has 1 aliphatic rings. The smallest absolute Gasteiger partial charge is 0.287 e. The molecule has 29 heavy (non-hydrogen) atoms. The van der Waals surface area contributed by atoms with Crippen LogP contribution in [0.5, 0.6) is 0 Å². The zero-order valence-corrected chi connectivity index (χ0v) is 19.0. The van der Waals surface area contributed by atoms with Gasteiger partial charge in [0.1, 0.15) is 12.4 Å². The van der Waals surface area contributed by atoms with Crippen LogP contribution in [0.3, 0.4) is 0 Å². The van der Waals surface area contributed by atoms with E-state index in [1.807, 2.05) is 11.6 Å². The number of furan rings is 1. The summed E-state index contributed by atoms with van der Waals surface area (Å²) in [5.41, 5.74) is 0. The highest BCUT2D eigenvalue weighted by Gasteiger charge is 2.22. The van der Waals surface area contributed by atoms with Crippen molar-refractivity contribution < 1.29 is 13.9 Å². The molecule has 11 heteroatoms. The van der Waals surface area contributed by atoms with Crippen molar-refractivity contribution in [2.75, 3.05) is 26.7 Å². The van der Waals surface area contributed by atoms with Gasteiger partial charge in [0.25, 0.3) is 5.91 Å². The fraction of sp³-hybridized carbons (Fsp3) is 0.556. The molecule has 1 unspecified atom stereocenters. The Hall–Kier alpha value is -2.15. The highest BCUT2D eigenvalue weighted by Crippen LogP contribution is 2.13. The van der Waals surface area contributed by atoms with Crippen LogP contribution in [0.2, 0.25) is 0 Å². The number of aromatic nitrogens is 3. The monoisotopic (exact) mass is 517 g/mol. The summed E-state index contributed by atoms with van der Waals surface area (Å²) in [6, 6.07) is 3.52. The van der Waals surface area contributed by atoms with Gasteiger partial charge in [-0.2, -0.15) is 5.10 Å². The van der Waals surface area contributed by atoms with E-state index in [1.165, 1.54) is 6.26 Å². The summed E-state index contributed by atoms with van der Waals surface area (Å²) >= 11 is 0. The predicted octanol–water partition coefficient (Wildman–Crippen LogP) is 0.935. The minimum atomic E-state index is -0.240. The molecule has 2 aromatic rings. The zero-order chi connectivity index (χ0) is 19.8. The van der Waals surface area contributed by atoms with Gasteiger partial charge in [-0.1, -0.05) is 0 Å². The number of carbonyl (C=O) groups is 1. The number of rotatable bonds is 8. The summed E-state index contributed by atoms with van der Waals surface area (Å²) in [5.74, 6) is 2.49. The van der Waals surface area contributed by atoms with Crippen LogP contribution < -0.4 is 16.0 Å². The Labute approximate surface area is 186 Å². The van der Waals surface area contributed by atoms with Crippen molar-refractivity contribution in [2.24, 2.45) is 4.99 Å². The van der Waals surface area contributed by atoms with E-state index in [1.54, 1.807) is 19.2 Å². The van der Waals surface area contributed by atoms with Gasteiger partial charge in [-0.3, -0.25) is 9.79 Å². The first-order valence-electron chi connectivity index (χ1n) is 9.47. The molecule has 0 bridgehead atoms. The van der Waals surface area contributed by atoms with Gasteiger partial charge in [-0.15, -0.1) is 24.0 Å². The van der Waals surface area contributed by atoms with Crippen molar-refractivity contribution in [3.63, 3.8) is 0 Å². The molecule has 0 saturated carbocycles. The fourth-order valence-electron chi connectivity index (χ4n) is 3.01.